The van der Waals surface area contributed by atoms with E-state index in [4.69, 9.17) is 0 Å². The number of fused-ring (bicyclic) bond motifs is 1. The van der Waals surface area contributed by atoms with Gasteiger partial charge in [0.15, 0.2) is 0 Å². The van der Waals surface area contributed by atoms with Crippen LogP contribution < -0.4 is 10.6 Å². The average molecular weight is 307 g/mol. The first-order valence-electron chi connectivity index (χ1n) is 7.69. The van der Waals surface area contributed by atoms with Crippen LogP contribution in [0.25, 0.3) is 22.3 Å². The second kappa shape index (κ2) is 5.39. The highest BCUT2D eigenvalue weighted by Gasteiger charge is 2.30. The van der Waals surface area contributed by atoms with Crippen molar-refractivity contribution in [1.82, 2.24) is 15.0 Å². The summed E-state index contributed by atoms with van der Waals surface area (Å²) in [4.78, 5) is 24.0. The van der Waals surface area contributed by atoms with Crippen molar-refractivity contribution in [2.75, 3.05) is 17.7 Å². The van der Waals surface area contributed by atoms with Crippen molar-refractivity contribution in [2.24, 2.45) is 5.92 Å². The summed E-state index contributed by atoms with van der Waals surface area (Å²) < 4.78 is 0. The fourth-order valence-corrected chi connectivity index (χ4v) is 2.57. The minimum absolute atomic E-state index is 0.00684. The van der Waals surface area contributed by atoms with E-state index >= 15 is 0 Å². The third kappa shape index (κ3) is 2.63. The summed E-state index contributed by atoms with van der Waals surface area (Å²) in [5.74, 6) is 0.480. The molecule has 3 N–H and O–H groups in total. The number of carbonyl (C=O) groups excluding carboxylic acids is 1. The number of rotatable bonds is 4. The number of nitrogens with one attached hydrogen (secondary N) is 3. The third-order valence-corrected chi connectivity index (χ3v) is 4.05. The largest absolute Gasteiger partial charge is 0.388 e. The van der Waals surface area contributed by atoms with Gasteiger partial charge in [0.2, 0.25) is 11.9 Å². The van der Waals surface area contributed by atoms with Gasteiger partial charge < -0.3 is 10.3 Å². The van der Waals surface area contributed by atoms with E-state index in [1.807, 2.05) is 43.6 Å². The summed E-state index contributed by atoms with van der Waals surface area (Å²) in [5, 5.41) is 6.86. The van der Waals surface area contributed by atoms with Gasteiger partial charge in [-0.05, 0) is 31.0 Å². The van der Waals surface area contributed by atoms with Crippen LogP contribution in [0.2, 0.25) is 0 Å². The zero-order valence-corrected chi connectivity index (χ0v) is 12.8. The maximum Gasteiger partial charge on any atom is 0.232 e. The van der Waals surface area contributed by atoms with Crippen LogP contribution >= 0.6 is 0 Å². The Hall–Kier alpha value is -2.89. The van der Waals surface area contributed by atoms with Gasteiger partial charge >= 0.3 is 0 Å². The molecule has 116 valence electrons. The van der Waals surface area contributed by atoms with E-state index in [0.29, 0.717) is 5.95 Å². The van der Waals surface area contributed by atoms with Crippen molar-refractivity contribution in [1.29, 1.82) is 0 Å². The highest BCUT2D eigenvalue weighted by molar-refractivity contribution is 5.96. The Bertz CT molecular complexity index is 864. The van der Waals surface area contributed by atoms with Crippen LogP contribution in [0.3, 0.4) is 0 Å². The van der Waals surface area contributed by atoms with Gasteiger partial charge in [0.25, 0.3) is 0 Å². The van der Waals surface area contributed by atoms with Crippen LogP contribution in [-0.4, -0.2) is 27.9 Å². The smallest absolute Gasteiger partial charge is 0.232 e. The van der Waals surface area contributed by atoms with E-state index in [0.717, 1.165) is 40.8 Å². The monoisotopic (exact) mass is 307 g/mol. The molecule has 0 bridgehead atoms. The first-order valence-corrected chi connectivity index (χ1v) is 7.69. The highest BCUT2D eigenvalue weighted by atomic mass is 16.2. The molecule has 2 heterocycles. The molecular weight excluding hydrogens is 290 g/mol. The highest BCUT2D eigenvalue weighted by Crippen LogP contribution is 2.31. The second-order valence-electron chi connectivity index (χ2n) is 5.73. The van der Waals surface area contributed by atoms with Crippen LogP contribution in [0.15, 0.2) is 36.5 Å². The summed E-state index contributed by atoms with van der Waals surface area (Å²) in [6.07, 6.45) is 3.74. The molecule has 1 aromatic carbocycles. The predicted molar refractivity (Wildman–Crippen MR) is 90.2 cm³/mol. The molecule has 2 aromatic heterocycles. The maximum absolute atomic E-state index is 12.0. The average Bonchev–Trinajstić information content (AvgIpc) is 3.33. The fourth-order valence-electron chi connectivity index (χ4n) is 2.57. The molecule has 4 rings (SSSR count). The molecule has 0 atom stereocenters. The predicted octanol–water partition coefficient (Wildman–Crippen LogP) is 3.02. The molecule has 0 saturated heterocycles. The minimum atomic E-state index is 0.00684. The van der Waals surface area contributed by atoms with Crippen molar-refractivity contribution in [3.05, 3.63) is 36.5 Å². The minimum Gasteiger partial charge on any atom is -0.388 e. The van der Waals surface area contributed by atoms with Crippen molar-refractivity contribution in [3.63, 3.8) is 0 Å². The molecule has 1 aliphatic rings. The molecule has 23 heavy (non-hydrogen) atoms. The summed E-state index contributed by atoms with van der Waals surface area (Å²) in [5.41, 5.74) is 3.55. The van der Waals surface area contributed by atoms with E-state index in [1.54, 1.807) is 0 Å². The number of nitrogens with zero attached hydrogens (tertiary/aromatic N) is 2. The lowest BCUT2D eigenvalue weighted by atomic mass is 10.1. The molecule has 0 unspecified atom stereocenters. The van der Waals surface area contributed by atoms with Gasteiger partial charge in [0.1, 0.15) is 5.65 Å². The molecule has 3 aromatic rings. The van der Waals surface area contributed by atoms with Gasteiger partial charge in [-0.3, -0.25) is 10.1 Å². The van der Waals surface area contributed by atoms with Gasteiger partial charge in [-0.25, -0.2) is 4.98 Å². The first-order chi connectivity index (χ1) is 11.2. The lowest BCUT2D eigenvalue weighted by Crippen LogP contribution is -2.15. The fraction of sp³-hybridized carbons (Fsp3) is 0.235. The number of hydrogen-bond acceptors (Lipinski definition) is 4. The van der Waals surface area contributed by atoms with Gasteiger partial charge in [-0.15, -0.1) is 0 Å². The number of aromatic amines is 1. The van der Waals surface area contributed by atoms with Gasteiger partial charge in [-0.1, -0.05) is 12.1 Å². The number of aromatic nitrogens is 3. The van der Waals surface area contributed by atoms with Crippen molar-refractivity contribution >= 4 is 28.6 Å². The van der Waals surface area contributed by atoms with Crippen LogP contribution in [0, 0.1) is 5.92 Å². The number of amides is 1. The zero-order chi connectivity index (χ0) is 15.8. The SMILES string of the molecule is CNc1ccc(-c2nc(NC(=O)C3CC3)nc3[nH]ccc23)cc1. The standard InChI is InChI=1S/C17H17N5O/c1-18-12-6-4-10(5-7-12)14-13-8-9-19-15(13)21-17(20-14)22-16(23)11-2-3-11/h4-9,11,18H,2-3H2,1H3,(H2,19,20,21,22,23). The Labute approximate surface area is 133 Å². The van der Waals surface area contributed by atoms with E-state index < -0.39 is 0 Å². The number of hydrogen-bond donors (Lipinski definition) is 3. The lowest BCUT2D eigenvalue weighted by molar-refractivity contribution is -0.117. The zero-order valence-electron chi connectivity index (χ0n) is 12.8. The third-order valence-electron chi connectivity index (χ3n) is 4.05. The van der Waals surface area contributed by atoms with Crippen molar-refractivity contribution < 1.29 is 4.79 Å². The Balaban J connectivity index is 1.76. The number of anilines is 2. The molecule has 0 aliphatic heterocycles. The second-order valence-corrected chi connectivity index (χ2v) is 5.73. The molecule has 6 nitrogen and oxygen atoms in total. The van der Waals surface area contributed by atoms with E-state index in [9.17, 15) is 4.79 Å². The first kappa shape index (κ1) is 13.8. The van der Waals surface area contributed by atoms with Gasteiger partial charge in [0.05, 0.1) is 5.69 Å². The van der Waals surface area contributed by atoms with Crippen LogP contribution in [0.5, 0.6) is 0 Å². The van der Waals surface area contributed by atoms with Crippen LogP contribution in [0.1, 0.15) is 12.8 Å². The molecule has 1 saturated carbocycles. The van der Waals surface area contributed by atoms with Crippen molar-refractivity contribution in [2.45, 2.75) is 12.8 Å². The summed E-state index contributed by atoms with van der Waals surface area (Å²) >= 11 is 0. The molecular formula is C17H17N5O. The number of carbonyl (C=O) groups is 1. The Kier molecular flexibility index (Phi) is 3.22. The van der Waals surface area contributed by atoms with E-state index in [-0.39, 0.29) is 11.8 Å². The number of H-pyrrole nitrogens is 1. The Morgan fingerprint density at radius 1 is 1.17 bits per heavy atom. The maximum atomic E-state index is 12.0. The molecule has 1 fully saturated rings. The summed E-state index contributed by atoms with van der Waals surface area (Å²) in [6.45, 7) is 0. The topological polar surface area (TPSA) is 82.7 Å². The van der Waals surface area contributed by atoms with Crippen LogP contribution in [-0.2, 0) is 4.79 Å². The summed E-state index contributed by atoms with van der Waals surface area (Å²) in [6, 6.07) is 9.96. The molecule has 1 amide bonds. The van der Waals surface area contributed by atoms with E-state index in [2.05, 4.69) is 25.6 Å². The van der Waals surface area contributed by atoms with Crippen LogP contribution in [0.4, 0.5) is 11.6 Å². The molecule has 6 heteroatoms. The number of benzene rings is 1. The lowest BCUT2D eigenvalue weighted by Gasteiger charge is -2.08. The quantitative estimate of drug-likeness (QED) is 0.692. The molecule has 1 aliphatic carbocycles. The van der Waals surface area contributed by atoms with Gasteiger partial charge in [0, 0.05) is 35.8 Å². The van der Waals surface area contributed by atoms with Gasteiger partial charge in [-0.2, -0.15) is 4.98 Å². The normalized spacial score (nSPS) is 14.0. The molecule has 0 radical (unpaired) electrons. The van der Waals surface area contributed by atoms with Crippen molar-refractivity contribution in [3.8, 4) is 11.3 Å². The molecule has 0 spiro atoms. The Morgan fingerprint density at radius 3 is 2.65 bits per heavy atom. The Morgan fingerprint density at radius 2 is 1.96 bits per heavy atom. The van der Waals surface area contributed by atoms with E-state index in [1.165, 1.54) is 0 Å². The summed E-state index contributed by atoms with van der Waals surface area (Å²) in [7, 11) is 1.88.